The number of nitrogen functional groups attached to an aromatic ring is 1. The van der Waals surface area contributed by atoms with Crippen LogP contribution in [0.1, 0.15) is 34.3 Å². The molecule has 0 spiro atoms. The Morgan fingerprint density at radius 3 is 2.71 bits per heavy atom. The van der Waals surface area contributed by atoms with Gasteiger partial charge in [0, 0.05) is 6.54 Å². The molecule has 2 rings (SSSR count). The van der Waals surface area contributed by atoms with Gasteiger partial charge in [0.1, 0.15) is 0 Å². The van der Waals surface area contributed by atoms with Crippen LogP contribution in [0.3, 0.4) is 0 Å². The Kier molecular flexibility index (Phi) is 2.96. The highest BCUT2D eigenvalue weighted by Crippen LogP contribution is 2.33. The quantitative estimate of drug-likeness (QED) is 0.699. The van der Waals surface area contributed by atoms with Crippen molar-refractivity contribution < 1.29 is 9.90 Å². The van der Waals surface area contributed by atoms with E-state index in [1.165, 1.54) is 12.8 Å². The number of benzene rings is 1. The van der Waals surface area contributed by atoms with Crippen LogP contribution in [-0.4, -0.2) is 17.6 Å². The van der Waals surface area contributed by atoms with E-state index in [2.05, 4.69) is 5.32 Å². The van der Waals surface area contributed by atoms with Gasteiger partial charge in [-0.1, -0.05) is 0 Å². The van der Waals surface area contributed by atoms with Gasteiger partial charge in [-0.3, -0.25) is 0 Å². The number of nitrogens with two attached hydrogens (primary N) is 1. The minimum absolute atomic E-state index is 0.289. The molecule has 0 aromatic heterocycles. The first-order valence-electron chi connectivity index (χ1n) is 5.87. The Hall–Kier alpha value is -1.71. The van der Waals surface area contributed by atoms with Crippen molar-refractivity contribution in [3.63, 3.8) is 0 Å². The van der Waals surface area contributed by atoms with Crippen LogP contribution in [0.4, 0.5) is 11.4 Å². The maximum absolute atomic E-state index is 11.0. The molecule has 1 fully saturated rings. The van der Waals surface area contributed by atoms with Crippen LogP contribution < -0.4 is 11.1 Å². The molecular formula is C13H18N2O2. The second-order valence-electron chi connectivity index (χ2n) is 4.78. The summed E-state index contributed by atoms with van der Waals surface area (Å²) in [7, 11) is 0. The fourth-order valence-electron chi connectivity index (χ4n) is 1.97. The van der Waals surface area contributed by atoms with Gasteiger partial charge in [0.15, 0.2) is 0 Å². The van der Waals surface area contributed by atoms with Crippen molar-refractivity contribution in [2.24, 2.45) is 5.92 Å². The number of hydrogen-bond acceptors (Lipinski definition) is 3. The Morgan fingerprint density at radius 2 is 2.18 bits per heavy atom. The number of carbonyl (C=O) groups is 1. The van der Waals surface area contributed by atoms with Crippen LogP contribution in [0.15, 0.2) is 6.07 Å². The molecule has 1 saturated carbocycles. The molecule has 0 saturated heterocycles. The van der Waals surface area contributed by atoms with Gasteiger partial charge in [-0.15, -0.1) is 0 Å². The summed E-state index contributed by atoms with van der Waals surface area (Å²) in [6.45, 7) is 4.56. The highest BCUT2D eigenvalue weighted by atomic mass is 16.4. The van der Waals surface area contributed by atoms with Crippen molar-refractivity contribution >= 4 is 17.3 Å². The van der Waals surface area contributed by atoms with Gasteiger partial charge in [0.2, 0.25) is 0 Å². The zero-order valence-electron chi connectivity index (χ0n) is 10.2. The van der Waals surface area contributed by atoms with Crippen LogP contribution in [0.5, 0.6) is 0 Å². The number of anilines is 2. The summed E-state index contributed by atoms with van der Waals surface area (Å²) in [5.74, 6) is -0.167. The van der Waals surface area contributed by atoms with Crippen molar-refractivity contribution in [3.05, 3.63) is 22.8 Å². The first-order valence-corrected chi connectivity index (χ1v) is 5.87. The summed E-state index contributed by atoms with van der Waals surface area (Å²) in [4.78, 5) is 11.0. The molecule has 0 bridgehead atoms. The topological polar surface area (TPSA) is 75.3 Å². The highest BCUT2D eigenvalue weighted by molar-refractivity contribution is 5.94. The van der Waals surface area contributed by atoms with Gasteiger partial charge in [0.25, 0.3) is 0 Å². The average Bonchev–Trinajstić information content (AvgIpc) is 3.06. The minimum Gasteiger partial charge on any atom is -0.478 e. The van der Waals surface area contributed by atoms with Gasteiger partial charge < -0.3 is 16.2 Å². The van der Waals surface area contributed by atoms with Crippen LogP contribution in [-0.2, 0) is 0 Å². The van der Waals surface area contributed by atoms with Gasteiger partial charge in [-0.25, -0.2) is 4.79 Å². The molecular weight excluding hydrogens is 216 g/mol. The van der Waals surface area contributed by atoms with Crippen LogP contribution in [0.2, 0.25) is 0 Å². The summed E-state index contributed by atoms with van der Waals surface area (Å²) in [5.41, 5.74) is 9.27. The molecule has 17 heavy (non-hydrogen) atoms. The second kappa shape index (κ2) is 4.28. The number of aromatic carboxylic acids is 1. The van der Waals surface area contributed by atoms with Crippen LogP contribution in [0.25, 0.3) is 0 Å². The van der Waals surface area contributed by atoms with E-state index < -0.39 is 5.97 Å². The molecule has 1 aliphatic rings. The molecule has 0 amide bonds. The third-order valence-electron chi connectivity index (χ3n) is 3.33. The molecule has 92 valence electrons. The molecule has 4 heteroatoms. The van der Waals surface area contributed by atoms with E-state index in [1.807, 2.05) is 6.92 Å². The summed E-state index contributed by atoms with van der Waals surface area (Å²) >= 11 is 0. The smallest absolute Gasteiger partial charge is 0.336 e. The number of carboxylic acids is 1. The molecule has 4 nitrogen and oxygen atoms in total. The lowest BCUT2D eigenvalue weighted by atomic mass is 10.0. The summed E-state index contributed by atoms with van der Waals surface area (Å²) in [6, 6.07) is 1.68. The maximum Gasteiger partial charge on any atom is 0.336 e. The number of aryl methyl sites for hydroxylation is 1. The van der Waals surface area contributed by atoms with Crippen molar-refractivity contribution in [3.8, 4) is 0 Å². The Morgan fingerprint density at radius 1 is 1.53 bits per heavy atom. The highest BCUT2D eigenvalue weighted by Gasteiger charge is 2.22. The van der Waals surface area contributed by atoms with Crippen molar-refractivity contribution in [2.75, 3.05) is 17.6 Å². The summed E-state index contributed by atoms with van der Waals surface area (Å²) in [6.07, 6.45) is 2.55. The van der Waals surface area contributed by atoms with Gasteiger partial charge >= 0.3 is 5.97 Å². The molecule has 0 aliphatic heterocycles. The van der Waals surface area contributed by atoms with E-state index in [0.717, 1.165) is 23.7 Å². The van der Waals surface area contributed by atoms with Gasteiger partial charge in [-0.2, -0.15) is 0 Å². The van der Waals surface area contributed by atoms with Crippen LogP contribution >= 0.6 is 0 Å². The summed E-state index contributed by atoms with van der Waals surface area (Å²) < 4.78 is 0. The number of hydrogen-bond donors (Lipinski definition) is 3. The maximum atomic E-state index is 11.0. The van der Waals surface area contributed by atoms with Crippen LogP contribution in [0, 0.1) is 19.8 Å². The first kappa shape index (κ1) is 11.8. The predicted octanol–water partition coefficient (Wildman–Crippen LogP) is 2.41. The monoisotopic (exact) mass is 234 g/mol. The number of rotatable bonds is 4. The minimum atomic E-state index is -0.925. The lowest BCUT2D eigenvalue weighted by Gasteiger charge is -2.16. The first-order chi connectivity index (χ1) is 8.00. The largest absolute Gasteiger partial charge is 0.478 e. The second-order valence-corrected chi connectivity index (χ2v) is 4.78. The Bertz CT molecular complexity index is 465. The lowest BCUT2D eigenvalue weighted by Crippen LogP contribution is -2.11. The van der Waals surface area contributed by atoms with E-state index >= 15 is 0 Å². The van der Waals surface area contributed by atoms with E-state index in [0.29, 0.717) is 11.3 Å². The van der Waals surface area contributed by atoms with Gasteiger partial charge in [0.05, 0.1) is 16.9 Å². The number of nitrogens with one attached hydrogen (secondary N) is 1. The molecule has 0 atom stereocenters. The molecule has 0 unspecified atom stereocenters. The lowest BCUT2D eigenvalue weighted by molar-refractivity contribution is 0.0696. The predicted molar refractivity (Wildman–Crippen MR) is 68.5 cm³/mol. The van der Waals surface area contributed by atoms with Crippen molar-refractivity contribution in [1.82, 2.24) is 0 Å². The molecule has 0 heterocycles. The van der Waals surface area contributed by atoms with E-state index in [1.54, 1.807) is 13.0 Å². The zero-order valence-corrected chi connectivity index (χ0v) is 10.2. The SMILES string of the molecule is Cc1cc(C(=O)O)c(C)c(N)c1NCC1CC1. The average molecular weight is 234 g/mol. The third-order valence-corrected chi connectivity index (χ3v) is 3.33. The van der Waals surface area contributed by atoms with Gasteiger partial charge in [-0.05, 0) is 49.8 Å². The van der Waals surface area contributed by atoms with Crippen molar-refractivity contribution in [1.29, 1.82) is 0 Å². The number of carboxylic acid groups (broad SMARTS) is 1. The zero-order chi connectivity index (χ0) is 12.6. The standard InChI is InChI=1S/C13H18N2O2/c1-7-5-10(13(16)17)8(2)11(14)12(7)15-6-9-3-4-9/h5,9,15H,3-4,6,14H2,1-2H3,(H,16,17). The Labute approximate surface area is 101 Å². The third kappa shape index (κ3) is 2.35. The molecule has 4 N–H and O–H groups in total. The fourth-order valence-corrected chi connectivity index (χ4v) is 1.97. The molecule has 0 radical (unpaired) electrons. The molecule has 1 aliphatic carbocycles. The fraction of sp³-hybridized carbons (Fsp3) is 0.462. The Balaban J connectivity index is 2.31. The summed E-state index contributed by atoms with van der Waals surface area (Å²) in [5, 5.41) is 12.4. The molecule has 1 aromatic rings. The normalized spacial score (nSPS) is 14.7. The van der Waals surface area contributed by atoms with Crippen molar-refractivity contribution in [2.45, 2.75) is 26.7 Å². The molecule has 1 aromatic carbocycles. The van der Waals surface area contributed by atoms with E-state index in [9.17, 15) is 4.79 Å². The van der Waals surface area contributed by atoms with E-state index in [4.69, 9.17) is 10.8 Å². The van der Waals surface area contributed by atoms with E-state index in [-0.39, 0.29) is 5.56 Å².